The normalized spacial score (nSPS) is 20.7. The molecular weight excluding hydrogens is 234 g/mol. The predicted molar refractivity (Wildman–Crippen MR) is 65.4 cm³/mol. The summed E-state index contributed by atoms with van der Waals surface area (Å²) < 4.78 is 12.2. The average Bonchev–Trinajstić information content (AvgIpc) is 2.77. The molecule has 1 N–H and O–H groups in total. The van der Waals surface area contributed by atoms with Crippen LogP contribution in [0.3, 0.4) is 0 Å². The fourth-order valence-corrected chi connectivity index (χ4v) is 1.67. The number of carbonyl (C=O) groups is 1. The third-order valence-corrected chi connectivity index (χ3v) is 2.46. The molecular formula is C12H19N3O3. The Hall–Kier alpha value is -1.40. The van der Waals surface area contributed by atoms with Gasteiger partial charge in [-0.25, -0.2) is 14.3 Å². The third-order valence-electron chi connectivity index (χ3n) is 2.46. The molecule has 1 saturated heterocycles. The fraction of sp³-hybridized carbons (Fsp3) is 0.667. The molecule has 0 bridgehead atoms. The zero-order chi connectivity index (χ0) is 13.2. The summed E-state index contributed by atoms with van der Waals surface area (Å²) in [6, 6.07) is 0. The Balaban J connectivity index is 2.03. The summed E-state index contributed by atoms with van der Waals surface area (Å²) in [6.45, 7) is 7.71. The van der Waals surface area contributed by atoms with Gasteiger partial charge in [0.15, 0.2) is 0 Å². The summed E-state index contributed by atoms with van der Waals surface area (Å²) in [5.74, 6) is 0. The van der Waals surface area contributed by atoms with Crippen LogP contribution in [0.4, 0.5) is 4.79 Å². The lowest BCUT2D eigenvalue weighted by Crippen LogP contribution is -2.33. The lowest BCUT2D eigenvalue weighted by atomic mass is 10.2. The summed E-state index contributed by atoms with van der Waals surface area (Å²) in [6.07, 6.45) is 2.60. The van der Waals surface area contributed by atoms with Gasteiger partial charge in [-0.15, -0.1) is 0 Å². The molecule has 0 saturated carbocycles. The van der Waals surface area contributed by atoms with Crippen LogP contribution in [-0.2, 0) is 9.47 Å². The number of nitrogens with one attached hydrogen (secondary N) is 1. The highest BCUT2D eigenvalue weighted by atomic mass is 16.6. The van der Waals surface area contributed by atoms with Crippen molar-refractivity contribution in [2.24, 2.45) is 0 Å². The van der Waals surface area contributed by atoms with Crippen LogP contribution in [0.25, 0.3) is 0 Å². The quantitative estimate of drug-likeness (QED) is 0.818. The van der Waals surface area contributed by atoms with Crippen LogP contribution in [0.1, 0.15) is 32.6 Å². The zero-order valence-electron chi connectivity index (χ0n) is 11.0. The first-order valence-corrected chi connectivity index (χ1v) is 6.05. The van der Waals surface area contributed by atoms with E-state index < -0.39 is 11.7 Å². The summed E-state index contributed by atoms with van der Waals surface area (Å²) in [5.41, 5.74) is 0.234. The number of nitrogens with zero attached hydrogens (tertiary/aromatic N) is 2. The van der Waals surface area contributed by atoms with E-state index in [1.54, 1.807) is 6.20 Å². The first-order chi connectivity index (χ1) is 8.46. The maximum atomic E-state index is 11.8. The predicted octanol–water partition coefficient (Wildman–Crippen LogP) is 1.33. The number of hydrogen-bond acceptors (Lipinski definition) is 5. The Morgan fingerprint density at radius 3 is 3.00 bits per heavy atom. The molecule has 2 rings (SSSR count). The van der Waals surface area contributed by atoms with Crippen molar-refractivity contribution in [2.75, 3.05) is 19.7 Å². The maximum Gasteiger partial charge on any atom is 0.419 e. The molecule has 6 heteroatoms. The van der Waals surface area contributed by atoms with Crippen LogP contribution in [0.2, 0.25) is 0 Å². The Bertz CT molecular complexity index is 416. The van der Waals surface area contributed by atoms with Crippen molar-refractivity contribution < 1.29 is 14.3 Å². The van der Waals surface area contributed by atoms with Gasteiger partial charge < -0.3 is 14.8 Å². The summed E-state index contributed by atoms with van der Waals surface area (Å²) in [7, 11) is 0. The van der Waals surface area contributed by atoms with Crippen LogP contribution in [-0.4, -0.2) is 40.9 Å². The van der Waals surface area contributed by atoms with Crippen molar-refractivity contribution in [2.45, 2.75) is 32.5 Å². The Labute approximate surface area is 106 Å². The summed E-state index contributed by atoms with van der Waals surface area (Å²) >= 11 is 0. The topological polar surface area (TPSA) is 65.4 Å². The number of hydrogen-bond donors (Lipinski definition) is 1. The Kier molecular flexibility index (Phi) is 3.68. The minimum atomic E-state index is -0.510. The minimum absolute atomic E-state index is 0.0950. The second-order valence-corrected chi connectivity index (χ2v) is 5.25. The van der Waals surface area contributed by atoms with Crippen molar-refractivity contribution in [1.82, 2.24) is 14.9 Å². The first-order valence-electron chi connectivity index (χ1n) is 6.05. The van der Waals surface area contributed by atoms with Crippen molar-refractivity contribution in [1.29, 1.82) is 0 Å². The van der Waals surface area contributed by atoms with Crippen molar-refractivity contribution >= 4 is 6.09 Å². The third kappa shape index (κ3) is 3.30. The minimum Gasteiger partial charge on any atom is -0.443 e. The van der Waals surface area contributed by atoms with E-state index in [0.29, 0.717) is 13.2 Å². The molecule has 1 unspecified atom stereocenters. The van der Waals surface area contributed by atoms with E-state index in [2.05, 4.69) is 10.3 Å². The zero-order valence-corrected chi connectivity index (χ0v) is 11.0. The molecule has 1 atom stereocenters. The van der Waals surface area contributed by atoms with Gasteiger partial charge in [0.2, 0.25) is 0 Å². The maximum absolute atomic E-state index is 11.8. The van der Waals surface area contributed by atoms with Gasteiger partial charge in [0.25, 0.3) is 0 Å². The molecule has 1 aromatic rings. The molecule has 0 radical (unpaired) electrons. The first kappa shape index (κ1) is 13.0. The highest BCUT2D eigenvalue weighted by molar-refractivity contribution is 5.70. The number of rotatable bonds is 1. The molecule has 1 fully saturated rings. The van der Waals surface area contributed by atoms with Gasteiger partial charge in [-0.2, -0.15) is 0 Å². The van der Waals surface area contributed by atoms with Gasteiger partial charge in [0.1, 0.15) is 18.0 Å². The van der Waals surface area contributed by atoms with E-state index in [1.807, 2.05) is 20.8 Å². The van der Waals surface area contributed by atoms with Crippen molar-refractivity contribution in [3.63, 3.8) is 0 Å². The van der Waals surface area contributed by atoms with Crippen LogP contribution in [0.5, 0.6) is 0 Å². The van der Waals surface area contributed by atoms with Crippen LogP contribution < -0.4 is 5.32 Å². The molecule has 0 aromatic carbocycles. The van der Waals surface area contributed by atoms with E-state index in [9.17, 15) is 4.79 Å². The largest absolute Gasteiger partial charge is 0.443 e. The SMILES string of the molecule is CC(C)(C)OC(=O)n1cnc(C2CNCCO2)c1. The molecule has 1 aromatic heterocycles. The Morgan fingerprint density at radius 1 is 1.61 bits per heavy atom. The van der Waals surface area contributed by atoms with E-state index in [-0.39, 0.29) is 6.10 Å². The van der Waals surface area contributed by atoms with E-state index in [1.165, 1.54) is 10.9 Å². The monoisotopic (exact) mass is 253 g/mol. The molecule has 2 heterocycles. The number of morpholine rings is 1. The lowest BCUT2D eigenvalue weighted by Gasteiger charge is -2.22. The van der Waals surface area contributed by atoms with Gasteiger partial charge in [0, 0.05) is 19.3 Å². The summed E-state index contributed by atoms with van der Waals surface area (Å²) in [4.78, 5) is 16.0. The molecule has 6 nitrogen and oxygen atoms in total. The van der Waals surface area contributed by atoms with Gasteiger partial charge in [-0.05, 0) is 20.8 Å². The fourth-order valence-electron chi connectivity index (χ4n) is 1.67. The second-order valence-electron chi connectivity index (χ2n) is 5.25. The van der Waals surface area contributed by atoms with E-state index in [0.717, 1.165) is 12.2 Å². The number of ether oxygens (including phenoxy) is 2. The van der Waals surface area contributed by atoms with Gasteiger partial charge in [-0.1, -0.05) is 0 Å². The van der Waals surface area contributed by atoms with Crippen LogP contribution in [0, 0.1) is 0 Å². The molecule has 18 heavy (non-hydrogen) atoms. The highest BCUT2D eigenvalue weighted by Gasteiger charge is 2.21. The van der Waals surface area contributed by atoms with Crippen molar-refractivity contribution in [3.8, 4) is 0 Å². The molecule has 1 aliphatic heterocycles. The molecule has 100 valence electrons. The number of carbonyl (C=O) groups excluding carboxylic acids is 1. The second kappa shape index (κ2) is 5.07. The lowest BCUT2D eigenvalue weighted by molar-refractivity contribution is 0.0251. The molecule has 1 aliphatic rings. The standard InChI is InChI=1S/C12H19N3O3/c1-12(2,3)18-11(16)15-7-9(14-8-15)10-6-13-4-5-17-10/h7-8,10,13H,4-6H2,1-3H3. The average molecular weight is 253 g/mol. The van der Waals surface area contributed by atoms with Gasteiger partial charge in [-0.3, -0.25) is 0 Å². The molecule has 0 spiro atoms. The number of imidazole rings is 1. The van der Waals surface area contributed by atoms with Gasteiger partial charge >= 0.3 is 6.09 Å². The molecule has 0 amide bonds. The highest BCUT2D eigenvalue weighted by Crippen LogP contribution is 2.17. The summed E-state index contributed by atoms with van der Waals surface area (Å²) in [5, 5.41) is 3.22. The number of aromatic nitrogens is 2. The van der Waals surface area contributed by atoms with Gasteiger partial charge in [0.05, 0.1) is 12.3 Å². The smallest absolute Gasteiger partial charge is 0.419 e. The molecule has 0 aliphatic carbocycles. The van der Waals surface area contributed by atoms with E-state index >= 15 is 0 Å². The van der Waals surface area contributed by atoms with Crippen molar-refractivity contribution in [3.05, 3.63) is 18.2 Å². The van der Waals surface area contributed by atoms with Crippen LogP contribution in [0.15, 0.2) is 12.5 Å². The Morgan fingerprint density at radius 2 is 2.39 bits per heavy atom. The van der Waals surface area contributed by atoms with Crippen LogP contribution >= 0.6 is 0 Å². The van der Waals surface area contributed by atoms with E-state index in [4.69, 9.17) is 9.47 Å².